The highest BCUT2D eigenvalue weighted by Gasteiger charge is 2.20. The van der Waals surface area contributed by atoms with Crippen LogP contribution in [0.15, 0.2) is 60.9 Å². The lowest BCUT2D eigenvalue weighted by Gasteiger charge is -2.36. The molecule has 29 heavy (non-hydrogen) atoms. The van der Waals surface area contributed by atoms with Crippen molar-refractivity contribution < 1.29 is 9.18 Å². The molecule has 0 spiro atoms. The first-order valence-corrected chi connectivity index (χ1v) is 9.62. The van der Waals surface area contributed by atoms with Crippen LogP contribution in [0, 0.1) is 5.82 Å². The number of rotatable bonds is 4. The molecule has 0 bridgehead atoms. The summed E-state index contributed by atoms with van der Waals surface area (Å²) >= 11 is 5.96. The number of benzene rings is 2. The van der Waals surface area contributed by atoms with E-state index in [4.69, 9.17) is 11.6 Å². The Morgan fingerprint density at radius 2 is 1.69 bits per heavy atom. The number of carbonyl (C=O) groups is 1. The average molecular weight is 412 g/mol. The second kappa shape index (κ2) is 8.45. The van der Waals surface area contributed by atoms with Crippen molar-refractivity contribution in [3.8, 4) is 0 Å². The highest BCUT2D eigenvalue weighted by molar-refractivity contribution is 6.34. The van der Waals surface area contributed by atoms with Crippen molar-refractivity contribution in [1.82, 2.24) is 9.97 Å². The molecule has 1 saturated heterocycles. The second-order valence-electron chi connectivity index (χ2n) is 6.62. The molecule has 3 aromatic rings. The van der Waals surface area contributed by atoms with Crippen LogP contribution in [-0.2, 0) is 0 Å². The molecule has 0 atom stereocenters. The smallest absolute Gasteiger partial charge is 0.261 e. The summed E-state index contributed by atoms with van der Waals surface area (Å²) in [6.45, 7) is 3.30. The molecule has 1 fully saturated rings. The number of carbonyl (C=O) groups excluding carboxylic acids is 1. The summed E-state index contributed by atoms with van der Waals surface area (Å²) in [5, 5.41) is 2.65. The van der Waals surface area contributed by atoms with Crippen LogP contribution in [0.25, 0.3) is 0 Å². The van der Waals surface area contributed by atoms with Crippen molar-refractivity contribution >= 4 is 34.8 Å². The molecular weight excluding hydrogens is 393 g/mol. The van der Waals surface area contributed by atoms with Gasteiger partial charge in [0.25, 0.3) is 5.91 Å². The van der Waals surface area contributed by atoms with Crippen LogP contribution < -0.4 is 15.1 Å². The Labute approximate surface area is 173 Å². The van der Waals surface area contributed by atoms with Gasteiger partial charge in [-0.3, -0.25) is 4.79 Å². The van der Waals surface area contributed by atoms with Crippen molar-refractivity contribution in [2.45, 2.75) is 0 Å². The van der Waals surface area contributed by atoms with Crippen molar-refractivity contribution in [3.63, 3.8) is 0 Å². The van der Waals surface area contributed by atoms with Gasteiger partial charge in [0.05, 0.1) is 10.6 Å². The Morgan fingerprint density at radius 3 is 2.41 bits per heavy atom. The van der Waals surface area contributed by atoms with Gasteiger partial charge in [0.2, 0.25) is 0 Å². The SMILES string of the molecule is O=C(Nc1cc(N2CCN(c3ccccc3)CC2)ncn1)c1c(F)cccc1Cl. The fourth-order valence-electron chi connectivity index (χ4n) is 3.31. The van der Waals surface area contributed by atoms with E-state index in [-0.39, 0.29) is 10.6 Å². The van der Waals surface area contributed by atoms with Gasteiger partial charge in [0.15, 0.2) is 0 Å². The molecular formula is C21H19ClFN5O. The highest BCUT2D eigenvalue weighted by atomic mass is 35.5. The summed E-state index contributed by atoms with van der Waals surface area (Å²) < 4.78 is 14.0. The number of hydrogen-bond donors (Lipinski definition) is 1. The maximum absolute atomic E-state index is 14.0. The summed E-state index contributed by atoms with van der Waals surface area (Å²) in [6.07, 6.45) is 1.39. The lowest BCUT2D eigenvalue weighted by Crippen LogP contribution is -2.46. The zero-order valence-corrected chi connectivity index (χ0v) is 16.3. The summed E-state index contributed by atoms with van der Waals surface area (Å²) in [7, 11) is 0. The molecule has 0 saturated carbocycles. The van der Waals surface area contributed by atoms with Crippen molar-refractivity contribution in [2.75, 3.05) is 41.3 Å². The van der Waals surface area contributed by atoms with Crippen LogP contribution in [0.1, 0.15) is 10.4 Å². The van der Waals surface area contributed by atoms with E-state index in [2.05, 4.69) is 37.2 Å². The first-order chi connectivity index (χ1) is 14.1. The van der Waals surface area contributed by atoms with E-state index in [0.717, 1.165) is 26.2 Å². The first kappa shape index (κ1) is 19.1. The van der Waals surface area contributed by atoms with Crippen LogP contribution in [0.2, 0.25) is 5.02 Å². The lowest BCUT2D eigenvalue weighted by atomic mass is 10.2. The molecule has 8 heteroatoms. The standard InChI is InChI=1S/C21H19ClFN5O/c22-16-7-4-8-17(23)20(16)21(29)26-18-13-19(25-14-24-18)28-11-9-27(10-12-28)15-5-2-1-3-6-15/h1-8,13-14H,9-12H2,(H,24,25,26,29). The minimum atomic E-state index is -0.679. The van der Waals surface area contributed by atoms with Gasteiger partial charge in [0, 0.05) is 37.9 Å². The van der Waals surface area contributed by atoms with Gasteiger partial charge < -0.3 is 15.1 Å². The second-order valence-corrected chi connectivity index (χ2v) is 7.03. The number of nitrogens with one attached hydrogen (secondary N) is 1. The lowest BCUT2D eigenvalue weighted by molar-refractivity contribution is 0.102. The number of halogens is 2. The number of nitrogens with zero attached hydrogens (tertiary/aromatic N) is 4. The molecule has 1 aliphatic rings. The van der Waals surface area contributed by atoms with E-state index in [0.29, 0.717) is 11.6 Å². The zero-order chi connectivity index (χ0) is 20.2. The van der Waals surface area contributed by atoms with Crippen molar-refractivity contribution in [1.29, 1.82) is 0 Å². The van der Waals surface area contributed by atoms with E-state index in [9.17, 15) is 9.18 Å². The van der Waals surface area contributed by atoms with Gasteiger partial charge in [-0.1, -0.05) is 35.9 Å². The Kier molecular flexibility index (Phi) is 5.57. The number of piperazine rings is 1. The van der Waals surface area contributed by atoms with Crippen LogP contribution in [0.4, 0.5) is 21.7 Å². The Balaban J connectivity index is 1.44. The van der Waals surface area contributed by atoms with Crippen LogP contribution >= 0.6 is 11.6 Å². The quantitative estimate of drug-likeness (QED) is 0.706. The maximum Gasteiger partial charge on any atom is 0.261 e. The predicted octanol–water partition coefficient (Wildman–Crippen LogP) is 3.85. The average Bonchev–Trinajstić information content (AvgIpc) is 2.74. The molecule has 1 N–H and O–H groups in total. The van der Waals surface area contributed by atoms with Crippen molar-refractivity contribution in [2.24, 2.45) is 0 Å². The topological polar surface area (TPSA) is 61.4 Å². The van der Waals surface area contributed by atoms with Gasteiger partial charge in [-0.25, -0.2) is 14.4 Å². The highest BCUT2D eigenvalue weighted by Crippen LogP contribution is 2.22. The Morgan fingerprint density at radius 1 is 0.966 bits per heavy atom. The third-order valence-electron chi connectivity index (χ3n) is 4.81. The normalized spacial score (nSPS) is 14.0. The molecule has 1 aliphatic heterocycles. The Hall–Kier alpha value is -3.19. The van der Waals surface area contributed by atoms with E-state index in [1.54, 1.807) is 6.07 Å². The fourth-order valence-corrected chi connectivity index (χ4v) is 3.56. The van der Waals surface area contributed by atoms with Crippen molar-refractivity contribution in [3.05, 3.63) is 77.3 Å². The number of amides is 1. The van der Waals surface area contributed by atoms with Crippen LogP contribution in [-0.4, -0.2) is 42.1 Å². The monoisotopic (exact) mass is 411 g/mol. The van der Waals surface area contributed by atoms with Gasteiger partial charge in [-0.05, 0) is 24.3 Å². The number of para-hydroxylation sites is 1. The number of anilines is 3. The third-order valence-corrected chi connectivity index (χ3v) is 5.12. The predicted molar refractivity (Wildman–Crippen MR) is 112 cm³/mol. The summed E-state index contributed by atoms with van der Waals surface area (Å²) in [6, 6.07) is 16.1. The molecule has 1 amide bonds. The maximum atomic E-state index is 14.0. The molecule has 2 heterocycles. The third kappa shape index (κ3) is 4.30. The largest absolute Gasteiger partial charge is 0.368 e. The van der Waals surface area contributed by atoms with Gasteiger partial charge >= 0.3 is 0 Å². The summed E-state index contributed by atoms with van der Waals surface area (Å²) in [4.78, 5) is 25.3. The van der Waals surface area contributed by atoms with Gasteiger partial charge in [-0.2, -0.15) is 0 Å². The molecule has 6 nitrogen and oxygen atoms in total. The molecule has 0 radical (unpaired) electrons. The molecule has 0 aliphatic carbocycles. The van der Waals surface area contributed by atoms with Crippen LogP contribution in [0.5, 0.6) is 0 Å². The van der Waals surface area contributed by atoms with E-state index in [1.807, 2.05) is 18.2 Å². The van der Waals surface area contributed by atoms with E-state index in [1.165, 1.54) is 30.2 Å². The molecule has 4 rings (SSSR count). The molecule has 0 unspecified atom stereocenters. The number of aromatic nitrogens is 2. The van der Waals surface area contributed by atoms with Gasteiger partial charge in [0.1, 0.15) is 23.8 Å². The molecule has 1 aromatic heterocycles. The van der Waals surface area contributed by atoms with E-state index >= 15 is 0 Å². The fraction of sp³-hybridized carbons (Fsp3) is 0.190. The molecule has 2 aromatic carbocycles. The minimum absolute atomic E-state index is 0.0498. The first-order valence-electron chi connectivity index (χ1n) is 9.24. The number of hydrogen-bond acceptors (Lipinski definition) is 5. The van der Waals surface area contributed by atoms with Gasteiger partial charge in [-0.15, -0.1) is 0 Å². The summed E-state index contributed by atoms with van der Waals surface area (Å²) in [5.74, 6) is -0.319. The molecule has 148 valence electrons. The van der Waals surface area contributed by atoms with E-state index < -0.39 is 11.7 Å². The zero-order valence-electron chi connectivity index (χ0n) is 15.6. The van der Waals surface area contributed by atoms with Crippen LogP contribution in [0.3, 0.4) is 0 Å². The summed E-state index contributed by atoms with van der Waals surface area (Å²) in [5.41, 5.74) is 0.996. The Bertz CT molecular complexity index is 989. The minimum Gasteiger partial charge on any atom is -0.368 e.